The molecule has 0 saturated carbocycles. The van der Waals surface area contributed by atoms with Crippen LogP contribution >= 0.6 is 0 Å². The lowest BCUT2D eigenvalue weighted by Crippen LogP contribution is -2.44. The molecule has 0 spiro atoms. The van der Waals surface area contributed by atoms with E-state index in [1.807, 2.05) is 18.2 Å². The standard InChI is InChI=1S/C26H29FN4O2/c1-30-12-14-31(15-13-30)11-3-4-19-7-9-20(10-8-19)21-5-2-6-23(16-21)33-26-24(25(28)32)17-22(27)18-29-26/h2,5-10,16-18H,3-4,11-15H2,1H3,(H2,28,32). The molecule has 1 fully saturated rings. The molecule has 0 radical (unpaired) electrons. The number of carbonyl (C=O) groups excluding carboxylic acids is 1. The first-order valence-corrected chi connectivity index (χ1v) is 11.2. The first-order valence-electron chi connectivity index (χ1n) is 11.2. The molecule has 2 heterocycles. The van der Waals surface area contributed by atoms with Crippen LogP contribution in [-0.2, 0) is 6.42 Å². The highest BCUT2D eigenvalue weighted by atomic mass is 19.1. The summed E-state index contributed by atoms with van der Waals surface area (Å²) in [4.78, 5) is 20.4. The maximum absolute atomic E-state index is 13.4. The van der Waals surface area contributed by atoms with Gasteiger partial charge in [0, 0.05) is 26.2 Å². The molecule has 0 unspecified atom stereocenters. The molecule has 2 aromatic carbocycles. The van der Waals surface area contributed by atoms with Gasteiger partial charge >= 0.3 is 0 Å². The van der Waals surface area contributed by atoms with Crippen molar-refractivity contribution >= 4 is 5.91 Å². The second-order valence-electron chi connectivity index (χ2n) is 8.45. The van der Waals surface area contributed by atoms with Gasteiger partial charge in [-0.25, -0.2) is 9.37 Å². The fourth-order valence-corrected chi connectivity index (χ4v) is 3.98. The van der Waals surface area contributed by atoms with Gasteiger partial charge in [0.1, 0.15) is 17.1 Å². The monoisotopic (exact) mass is 448 g/mol. The average molecular weight is 449 g/mol. The van der Waals surface area contributed by atoms with Crippen LogP contribution in [0.25, 0.3) is 11.1 Å². The van der Waals surface area contributed by atoms with E-state index in [0.717, 1.165) is 69.0 Å². The van der Waals surface area contributed by atoms with E-state index in [9.17, 15) is 9.18 Å². The summed E-state index contributed by atoms with van der Waals surface area (Å²) < 4.78 is 19.2. The summed E-state index contributed by atoms with van der Waals surface area (Å²) in [5, 5.41) is 0. The molecule has 0 bridgehead atoms. The number of likely N-dealkylation sites (N-methyl/N-ethyl adjacent to an activating group) is 1. The van der Waals surface area contributed by atoms with E-state index in [1.54, 1.807) is 6.07 Å². The van der Waals surface area contributed by atoms with Gasteiger partial charge in [0.2, 0.25) is 5.88 Å². The van der Waals surface area contributed by atoms with E-state index in [-0.39, 0.29) is 11.4 Å². The van der Waals surface area contributed by atoms with E-state index in [4.69, 9.17) is 10.5 Å². The lowest BCUT2D eigenvalue weighted by atomic mass is 10.0. The van der Waals surface area contributed by atoms with Crippen LogP contribution in [0.5, 0.6) is 11.6 Å². The first-order chi connectivity index (χ1) is 16.0. The number of aromatic nitrogens is 1. The SMILES string of the molecule is CN1CCN(CCCc2ccc(-c3cccc(Oc4ncc(F)cc4C(N)=O)c3)cc2)CC1. The number of primary amides is 1. The van der Waals surface area contributed by atoms with Crippen LogP contribution in [0.1, 0.15) is 22.3 Å². The Hall–Kier alpha value is -3.29. The van der Waals surface area contributed by atoms with Crippen molar-refractivity contribution in [3.8, 4) is 22.8 Å². The van der Waals surface area contributed by atoms with Crippen LogP contribution in [0, 0.1) is 5.82 Å². The Bertz CT molecular complexity index is 1100. The Balaban J connectivity index is 1.38. The molecule has 6 nitrogen and oxygen atoms in total. The van der Waals surface area contributed by atoms with Crippen LogP contribution in [0.2, 0.25) is 0 Å². The van der Waals surface area contributed by atoms with Crippen LogP contribution in [0.15, 0.2) is 60.8 Å². The molecule has 0 atom stereocenters. The number of halogens is 1. The third-order valence-electron chi connectivity index (χ3n) is 5.95. The number of rotatable bonds is 8. The summed E-state index contributed by atoms with van der Waals surface area (Å²) in [7, 11) is 2.18. The van der Waals surface area contributed by atoms with E-state index in [2.05, 4.69) is 46.1 Å². The first kappa shape index (κ1) is 22.9. The largest absolute Gasteiger partial charge is 0.438 e. The maximum atomic E-state index is 13.4. The van der Waals surface area contributed by atoms with E-state index in [1.165, 1.54) is 5.56 Å². The highest BCUT2D eigenvalue weighted by molar-refractivity contribution is 5.95. The number of nitrogens with two attached hydrogens (primary N) is 1. The van der Waals surface area contributed by atoms with Gasteiger partial charge in [-0.05, 0) is 61.3 Å². The molecule has 33 heavy (non-hydrogen) atoms. The van der Waals surface area contributed by atoms with Crippen molar-refractivity contribution in [3.05, 3.63) is 77.7 Å². The van der Waals surface area contributed by atoms with Crippen LogP contribution in [0.3, 0.4) is 0 Å². The van der Waals surface area contributed by atoms with Crippen molar-refractivity contribution in [2.24, 2.45) is 5.73 Å². The lowest BCUT2D eigenvalue weighted by molar-refractivity contribution is 0.0997. The molecule has 0 aliphatic carbocycles. The second-order valence-corrected chi connectivity index (χ2v) is 8.45. The van der Waals surface area contributed by atoms with Crippen molar-refractivity contribution in [2.45, 2.75) is 12.8 Å². The summed E-state index contributed by atoms with van der Waals surface area (Å²) in [5.74, 6) is -0.966. The van der Waals surface area contributed by atoms with Crippen molar-refractivity contribution in [1.82, 2.24) is 14.8 Å². The van der Waals surface area contributed by atoms with Gasteiger partial charge in [-0.15, -0.1) is 0 Å². The predicted molar refractivity (Wildman–Crippen MR) is 127 cm³/mol. The highest BCUT2D eigenvalue weighted by Crippen LogP contribution is 2.28. The smallest absolute Gasteiger partial charge is 0.254 e. The minimum atomic E-state index is -0.795. The quantitative estimate of drug-likeness (QED) is 0.565. The number of aryl methyl sites for hydroxylation is 1. The zero-order chi connectivity index (χ0) is 23.2. The Morgan fingerprint density at radius 2 is 1.82 bits per heavy atom. The molecule has 1 saturated heterocycles. The minimum absolute atomic E-state index is 0.0169. The Morgan fingerprint density at radius 3 is 2.55 bits per heavy atom. The van der Waals surface area contributed by atoms with Crippen molar-refractivity contribution < 1.29 is 13.9 Å². The van der Waals surface area contributed by atoms with Gasteiger partial charge in [-0.3, -0.25) is 4.79 Å². The Kier molecular flexibility index (Phi) is 7.32. The number of pyridine rings is 1. The maximum Gasteiger partial charge on any atom is 0.254 e. The summed E-state index contributed by atoms with van der Waals surface area (Å²) in [5.41, 5.74) is 8.58. The van der Waals surface area contributed by atoms with Gasteiger partial charge in [0.05, 0.1) is 6.20 Å². The number of amides is 1. The number of hydrogen-bond donors (Lipinski definition) is 1. The summed E-state index contributed by atoms with van der Waals surface area (Å²) in [6.07, 6.45) is 3.20. The second kappa shape index (κ2) is 10.6. The number of nitrogens with zero attached hydrogens (tertiary/aromatic N) is 3. The molecule has 1 amide bonds. The third kappa shape index (κ3) is 6.15. The summed E-state index contributed by atoms with van der Waals surface area (Å²) in [6.45, 7) is 5.75. The highest BCUT2D eigenvalue weighted by Gasteiger charge is 2.14. The van der Waals surface area contributed by atoms with Gasteiger partial charge in [0.25, 0.3) is 5.91 Å². The van der Waals surface area contributed by atoms with Crippen molar-refractivity contribution in [3.63, 3.8) is 0 Å². The Labute approximate surface area is 193 Å². The molecule has 172 valence electrons. The van der Waals surface area contributed by atoms with Gasteiger partial charge in [-0.1, -0.05) is 36.4 Å². The van der Waals surface area contributed by atoms with Crippen molar-refractivity contribution in [1.29, 1.82) is 0 Å². The topological polar surface area (TPSA) is 71.7 Å². The minimum Gasteiger partial charge on any atom is -0.438 e. The number of carbonyl (C=O) groups is 1. The number of benzene rings is 2. The molecule has 2 N–H and O–H groups in total. The van der Waals surface area contributed by atoms with Gasteiger partial charge in [0.15, 0.2) is 0 Å². The fraction of sp³-hybridized carbons (Fsp3) is 0.308. The predicted octanol–water partition coefficient (Wildman–Crippen LogP) is 3.96. The van der Waals surface area contributed by atoms with E-state index < -0.39 is 11.7 Å². The van der Waals surface area contributed by atoms with Gasteiger partial charge < -0.3 is 20.3 Å². The Morgan fingerprint density at radius 1 is 1.06 bits per heavy atom. The number of ether oxygens (including phenoxy) is 1. The average Bonchev–Trinajstić information content (AvgIpc) is 2.82. The lowest BCUT2D eigenvalue weighted by Gasteiger charge is -2.32. The zero-order valence-electron chi connectivity index (χ0n) is 18.8. The van der Waals surface area contributed by atoms with Crippen LogP contribution in [-0.4, -0.2) is 60.5 Å². The number of hydrogen-bond acceptors (Lipinski definition) is 5. The molecule has 4 rings (SSSR count). The van der Waals surface area contributed by atoms with Crippen LogP contribution in [0.4, 0.5) is 4.39 Å². The molecule has 1 aliphatic heterocycles. The molecule has 1 aromatic heterocycles. The molecule has 7 heteroatoms. The summed E-state index contributed by atoms with van der Waals surface area (Å²) in [6, 6.07) is 17.0. The molecular formula is C26H29FN4O2. The van der Waals surface area contributed by atoms with Crippen LogP contribution < -0.4 is 10.5 Å². The molecular weight excluding hydrogens is 419 g/mol. The fourth-order valence-electron chi connectivity index (χ4n) is 3.98. The third-order valence-corrected chi connectivity index (χ3v) is 5.95. The van der Waals surface area contributed by atoms with E-state index in [0.29, 0.717) is 5.75 Å². The zero-order valence-corrected chi connectivity index (χ0v) is 18.8. The van der Waals surface area contributed by atoms with E-state index >= 15 is 0 Å². The van der Waals surface area contributed by atoms with Gasteiger partial charge in [-0.2, -0.15) is 0 Å². The number of piperazine rings is 1. The molecule has 1 aliphatic rings. The molecule has 3 aromatic rings. The normalized spacial score (nSPS) is 14.8. The summed E-state index contributed by atoms with van der Waals surface area (Å²) >= 11 is 0. The van der Waals surface area contributed by atoms with Crippen molar-refractivity contribution in [2.75, 3.05) is 39.8 Å².